The molecule has 5 rings (SSSR count). The SMILES string of the molecule is CC(=O)O[C@@H]1C=CC(=O)C2=CCCC3(Oc4cccc5cccc(c45)O3)[C@@H]21. The molecular weight excluding hydrogens is 344 g/mol. The van der Waals surface area contributed by atoms with Crippen molar-refractivity contribution in [3.8, 4) is 11.5 Å². The van der Waals surface area contributed by atoms with Gasteiger partial charge in [0.25, 0.3) is 5.79 Å². The van der Waals surface area contributed by atoms with Gasteiger partial charge in [0, 0.05) is 18.9 Å². The van der Waals surface area contributed by atoms with E-state index < -0.39 is 23.8 Å². The van der Waals surface area contributed by atoms with Crippen molar-refractivity contribution < 1.29 is 23.8 Å². The Kier molecular flexibility index (Phi) is 3.41. The van der Waals surface area contributed by atoms with Crippen LogP contribution in [0.3, 0.4) is 0 Å². The maximum absolute atomic E-state index is 12.5. The van der Waals surface area contributed by atoms with E-state index in [1.807, 2.05) is 42.5 Å². The number of hydrogen-bond acceptors (Lipinski definition) is 5. The zero-order valence-electron chi connectivity index (χ0n) is 14.8. The fourth-order valence-corrected chi connectivity index (χ4v) is 4.38. The molecule has 0 saturated carbocycles. The van der Waals surface area contributed by atoms with Gasteiger partial charge in [-0.25, -0.2) is 0 Å². The maximum Gasteiger partial charge on any atom is 0.303 e. The summed E-state index contributed by atoms with van der Waals surface area (Å²) in [5.41, 5.74) is 0.585. The van der Waals surface area contributed by atoms with Crippen molar-refractivity contribution >= 4 is 22.5 Å². The predicted molar refractivity (Wildman–Crippen MR) is 98.4 cm³/mol. The summed E-state index contributed by atoms with van der Waals surface area (Å²) < 4.78 is 18.4. The summed E-state index contributed by atoms with van der Waals surface area (Å²) >= 11 is 0. The van der Waals surface area contributed by atoms with Crippen LogP contribution in [0.1, 0.15) is 19.8 Å². The fraction of sp³-hybridized carbons (Fsp3) is 0.273. The average molecular weight is 362 g/mol. The average Bonchev–Trinajstić information content (AvgIpc) is 2.64. The summed E-state index contributed by atoms with van der Waals surface area (Å²) in [6.45, 7) is 1.36. The van der Waals surface area contributed by atoms with Crippen molar-refractivity contribution in [3.05, 3.63) is 60.2 Å². The molecule has 1 spiro atoms. The molecule has 2 atom stereocenters. The number of benzene rings is 2. The molecule has 2 aliphatic carbocycles. The lowest BCUT2D eigenvalue weighted by atomic mass is 9.73. The number of allylic oxidation sites excluding steroid dienone is 2. The Labute approximate surface area is 156 Å². The Balaban J connectivity index is 1.66. The first-order valence-electron chi connectivity index (χ1n) is 9.07. The lowest BCUT2D eigenvalue weighted by Crippen LogP contribution is -2.58. The van der Waals surface area contributed by atoms with Gasteiger partial charge in [-0.05, 0) is 36.1 Å². The molecule has 3 aliphatic rings. The summed E-state index contributed by atoms with van der Waals surface area (Å²) in [6.07, 6.45) is 5.60. The zero-order valence-corrected chi connectivity index (χ0v) is 14.8. The van der Waals surface area contributed by atoms with Crippen LogP contribution in [0.4, 0.5) is 0 Å². The summed E-state index contributed by atoms with van der Waals surface area (Å²) in [6, 6.07) is 11.7. The molecule has 0 unspecified atom stereocenters. The standard InChI is InChI=1S/C22H18O5/c1-13(23)25-19-11-10-16(24)15-7-4-12-22(21(15)19)26-17-8-2-5-14-6-3-9-18(27-22)20(14)17/h2-3,5-11,19,21H,4,12H2,1H3/t19-,21+/m1/s1. The first-order chi connectivity index (χ1) is 13.1. The Bertz CT molecular complexity index is 991. The third kappa shape index (κ3) is 2.38. The van der Waals surface area contributed by atoms with Gasteiger partial charge in [0.2, 0.25) is 0 Å². The number of carbonyl (C=O) groups excluding carboxylic acids is 2. The van der Waals surface area contributed by atoms with E-state index in [4.69, 9.17) is 14.2 Å². The first kappa shape index (κ1) is 16.1. The number of ether oxygens (including phenoxy) is 3. The molecule has 5 heteroatoms. The van der Waals surface area contributed by atoms with Crippen LogP contribution < -0.4 is 9.47 Å². The molecule has 2 aromatic carbocycles. The zero-order chi connectivity index (χ0) is 18.6. The first-order valence-corrected chi connectivity index (χ1v) is 9.07. The smallest absolute Gasteiger partial charge is 0.303 e. The van der Waals surface area contributed by atoms with E-state index in [9.17, 15) is 9.59 Å². The van der Waals surface area contributed by atoms with Crippen LogP contribution >= 0.6 is 0 Å². The lowest BCUT2D eigenvalue weighted by Gasteiger charge is -2.48. The number of carbonyl (C=O) groups is 2. The van der Waals surface area contributed by atoms with Gasteiger partial charge in [0.05, 0.1) is 5.39 Å². The Morgan fingerprint density at radius 1 is 1.15 bits per heavy atom. The molecule has 136 valence electrons. The molecule has 1 aliphatic heterocycles. The predicted octanol–water partition coefficient (Wildman–Crippen LogP) is 3.71. The topological polar surface area (TPSA) is 61.8 Å². The second-order valence-corrected chi connectivity index (χ2v) is 7.10. The van der Waals surface area contributed by atoms with Crippen molar-refractivity contribution in [2.24, 2.45) is 5.92 Å². The summed E-state index contributed by atoms with van der Waals surface area (Å²) in [5, 5.41) is 1.95. The van der Waals surface area contributed by atoms with Gasteiger partial charge < -0.3 is 14.2 Å². The van der Waals surface area contributed by atoms with Crippen molar-refractivity contribution in [1.29, 1.82) is 0 Å². The van der Waals surface area contributed by atoms with Gasteiger partial charge in [-0.15, -0.1) is 0 Å². The van der Waals surface area contributed by atoms with Crippen LogP contribution in [-0.2, 0) is 14.3 Å². The quantitative estimate of drug-likeness (QED) is 0.724. The van der Waals surface area contributed by atoms with Gasteiger partial charge in [-0.2, -0.15) is 0 Å². The minimum atomic E-state index is -1.09. The van der Waals surface area contributed by atoms with E-state index >= 15 is 0 Å². The number of ketones is 1. The largest absolute Gasteiger partial charge is 0.457 e. The highest BCUT2D eigenvalue weighted by atomic mass is 16.7. The van der Waals surface area contributed by atoms with E-state index in [0.717, 1.165) is 22.3 Å². The molecular formula is C22H18O5. The molecule has 0 aromatic heterocycles. The van der Waals surface area contributed by atoms with Gasteiger partial charge in [0.15, 0.2) is 5.78 Å². The normalized spacial score (nSPS) is 24.6. The highest BCUT2D eigenvalue weighted by Gasteiger charge is 2.55. The number of fused-ring (bicyclic) bond motifs is 2. The second-order valence-electron chi connectivity index (χ2n) is 7.10. The number of esters is 1. The molecule has 27 heavy (non-hydrogen) atoms. The van der Waals surface area contributed by atoms with Gasteiger partial charge in [0.1, 0.15) is 23.5 Å². The van der Waals surface area contributed by atoms with E-state index in [1.165, 1.54) is 13.0 Å². The van der Waals surface area contributed by atoms with Crippen LogP contribution in [0.15, 0.2) is 60.2 Å². The van der Waals surface area contributed by atoms with E-state index in [-0.39, 0.29) is 5.78 Å². The van der Waals surface area contributed by atoms with Crippen LogP contribution in [0.25, 0.3) is 10.8 Å². The molecule has 5 nitrogen and oxygen atoms in total. The minimum absolute atomic E-state index is 0.0910. The monoisotopic (exact) mass is 362 g/mol. The van der Waals surface area contributed by atoms with Gasteiger partial charge >= 0.3 is 5.97 Å². The Morgan fingerprint density at radius 2 is 1.85 bits per heavy atom. The fourth-order valence-electron chi connectivity index (χ4n) is 4.38. The van der Waals surface area contributed by atoms with Crippen molar-refractivity contribution in [2.75, 3.05) is 0 Å². The number of rotatable bonds is 1. The molecule has 0 radical (unpaired) electrons. The van der Waals surface area contributed by atoms with Crippen LogP contribution in [0.5, 0.6) is 11.5 Å². The lowest BCUT2D eigenvalue weighted by molar-refractivity contribution is -0.188. The van der Waals surface area contributed by atoms with E-state index in [0.29, 0.717) is 18.4 Å². The molecule has 0 N–H and O–H groups in total. The third-order valence-electron chi connectivity index (χ3n) is 5.41. The minimum Gasteiger partial charge on any atom is -0.457 e. The molecule has 0 bridgehead atoms. The van der Waals surface area contributed by atoms with Gasteiger partial charge in [-0.3, -0.25) is 9.59 Å². The summed E-state index contributed by atoms with van der Waals surface area (Å²) in [5.74, 6) is -0.661. The Morgan fingerprint density at radius 3 is 2.52 bits per heavy atom. The Hall–Kier alpha value is -3.08. The highest BCUT2D eigenvalue weighted by Crippen LogP contribution is 2.50. The van der Waals surface area contributed by atoms with Gasteiger partial charge in [-0.1, -0.05) is 30.3 Å². The second kappa shape index (κ2) is 5.71. The van der Waals surface area contributed by atoms with Crippen LogP contribution in [0, 0.1) is 5.92 Å². The molecule has 0 amide bonds. The van der Waals surface area contributed by atoms with E-state index in [2.05, 4.69) is 0 Å². The highest BCUT2D eigenvalue weighted by molar-refractivity contribution is 6.06. The molecule has 2 aromatic rings. The maximum atomic E-state index is 12.5. The summed E-state index contributed by atoms with van der Waals surface area (Å²) in [4.78, 5) is 24.2. The van der Waals surface area contributed by atoms with Crippen molar-refractivity contribution in [3.63, 3.8) is 0 Å². The third-order valence-corrected chi connectivity index (χ3v) is 5.41. The van der Waals surface area contributed by atoms with Crippen LogP contribution in [-0.4, -0.2) is 23.6 Å². The van der Waals surface area contributed by atoms with Crippen molar-refractivity contribution in [1.82, 2.24) is 0 Å². The molecule has 0 saturated heterocycles. The van der Waals surface area contributed by atoms with E-state index in [1.54, 1.807) is 6.08 Å². The van der Waals surface area contributed by atoms with Crippen LogP contribution in [0.2, 0.25) is 0 Å². The molecule has 0 fully saturated rings. The molecule has 1 heterocycles. The summed E-state index contributed by atoms with van der Waals surface area (Å²) in [7, 11) is 0. The number of hydrogen-bond donors (Lipinski definition) is 0. The van der Waals surface area contributed by atoms with Crippen molar-refractivity contribution in [2.45, 2.75) is 31.7 Å².